The molecule has 5 nitrogen and oxygen atoms in total. The number of nitrogens with one attached hydrogen (secondary N) is 1. The van der Waals surface area contributed by atoms with E-state index >= 15 is 0 Å². The first-order valence-electron chi connectivity index (χ1n) is 7.70. The molecule has 0 saturated carbocycles. The fourth-order valence-electron chi connectivity index (χ4n) is 3.03. The van der Waals surface area contributed by atoms with E-state index in [-0.39, 0.29) is 11.8 Å². The Morgan fingerprint density at radius 2 is 2.04 bits per heavy atom. The number of benzene rings is 1. The van der Waals surface area contributed by atoms with E-state index in [0.717, 1.165) is 22.5 Å². The third-order valence-corrected chi connectivity index (χ3v) is 4.47. The molecule has 3 aromatic rings. The van der Waals surface area contributed by atoms with E-state index < -0.39 is 0 Å². The molecule has 1 N–H and O–H groups in total. The number of fused-ring (bicyclic) bond motifs is 1. The Bertz CT molecular complexity index is 874. The Hall–Kier alpha value is -2.66. The third kappa shape index (κ3) is 2.78. The highest BCUT2D eigenvalue weighted by Gasteiger charge is 2.30. The van der Waals surface area contributed by atoms with Crippen molar-refractivity contribution in [2.24, 2.45) is 0 Å². The molecule has 0 spiro atoms. The second-order valence-corrected chi connectivity index (χ2v) is 6.26. The van der Waals surface area contributed by atoms with Gasteiger partial charge in [-0.15, -0.1) is 0 Å². The third-order valence-electron chi connectivity index (χ3n) is 4.22. The van der Waals surface area contributed by atoms with Crippen LogP contribution in [0.5, 0.6) is 0 Å². The second-order valence-electron chi connectivity index (χ2n) is 5.82. The molecule has 1 atom stereocenters. The van der Waals surface area contributed by atoms with Crippen LogP contribution in [0.2, 0.25) is 5.02 Å². The summed E-state index contributed by atoms with van der Waals surface area (Å²) in [5.41, 5.74) is 3.12. The maximum Gasteiger partial charge on any atom is 0.226 e. The summed E-state index contributed by atoms with van der Waals surface area (Å²) in [7, 11) is 0. The normalized spacial score (nSPS) is 16.5. The molecule has 4 rings (SSSR count). The van der Waals surface area contributed by atoms with Crippen LogP contribution in [0.1, 0.15) is 29.0 Å². The molecule has 1 aromatic carbocycles. The zero-order valence-corrected chi connectivity index (χ0v) is 13.6. The van der Waals surface area contributed by atoms with Crippen LogP contribution in [-0.4, -0.2) is 20.7 Å². The smallest absolute Gasteiger partial charge is 0.226 e. The fraction of sp³-hybridized carbons (Fsp3) is 0.167. The van der Waals surface area contributed by atoms with Crippen molar-refractivity contribution in [1.82, 2.24) is 14.8 Å². The van der Waals surface area contributed by atoms with Crippen molar-refractivity contribution in [2.75, 3.05) is 5.32 Å². The Labute approximate surface area is 144 Å². The molecular weight excluding hydrogens is 324 g/mol. The molecule has 0 fully saturated rings. The van der Waals surface area contributed by atoms with Gasteiger partial charge in [0.05, 0.1) is 12.7 Å². The minimum Gasteiger partial charge on any atom is -0.311 e. The fourth-order valence-corrected chi connectivity index (χ4v) is 3.16. The molecule has 3 heterocycles. The van der Waals surface area contributed by atoms with Crippen LogP contribution in [0.15, 0.2) is 55.0 Å². The second kappa shape index (κ2) is 6.09. The number of carbonyl (C=O) groups is 1. The highest BCUT2D eigenvalue weighted by atomic mass is 35.5. The molecule has 6 heteroatoms. The van der Waals surface area contributed by atoms with E-state index in [9.17, 15) is 4.79 Å². The van der Waals surface area contributed by atoms with Crippen molar-refractivity contribution in [2.45, 2.75) is 18.9 Å². The standard InChI is InChI=1S/C18H15ClN4O/c19-14-5-3-12(4-6-14)11-23-18-16(10-21-23)15(8-17(24)22-18)13-2-1-7-20-9-13/h1-7,9-10,15H,8,11H2,(H,22,24)/t15-/m0/s1. The maximum atomic E-state index is 12.2. The first-order chi connectivity index (χ1) is 11.7. The van der Waals surface area contributed by atoms with E-state index in [1.165, 1.54) is 0 Å². The van der Waals surface area contributed by atoms with Crippen LogP contribution in [0, 0.1) is 0 Å². The quantitative estimate of drug-likeness (QED) is 0.795. The average molecular weight is 339 g/mol. The highest BCUT2D eigenvalue weighted by molar-refractivity contribution is 6.30. The van der Waals surface area contributed by atoms with Gasteiger partial charge in [-0.3, -0.25) is 9.78 Å². The Morgan fingerprint density at radius 3 is 2.79 bits per heavy atom. The topological polar surface area (TPSA) is 59.8 Å². The molecule has 24 heavy (non-hydrogen) atoms. The number of hydrogen-bond donors (Lipinski definition) is 1. The molecule has 0 bridgehead atoms. The van der Waals surface area contributed by atoms with Crippen LogP contribution in [0.25, 0.3) is 0 Å². The Balaban J connectivity index is 1.69. The summed E-state index contributed by atoms with van der Waals surface area (Å²) in [5.74, 6) is 0.741. The molecule has 1 aliphatic rings. The summed E-state index contributed by atoms with van der Waals surface area (Å²) in [6.07, 6.45) is 5.79. The van der Waals surface area contributed by atoms with E-state index in [4.69, 9.17) is 11.6 Å². The zero-order chi connectivity index (χ0) is 16.5. The van der Waals surface area contributed by atoms with Crippen molar-refractivity contribution in [3.8, 4) is 0 Å². The van der Waals surface area contributed by atoms with Gasteiger partial charge in [-0.2, -0.15) is 5.10 Å². The van der Waals surface area contributed by atoms with Crippen LogP contribution in [0.3, 0.4) is 0 Å². The number of halogens is 1. The number of aromatic nitrogens is 3. The van der Waals surface area contributed by atoms with Crippen molar-refractivity contribution >= 4 is 23.3 Å². The summed E-state index contributed by atoms with van der Waals surface area (Å²) in [6.45, 7) is 0.576. The summed E-state index contributed by atoms with van der Waals surface area (Å²) >= 11 is 5.93. The lowest BCUT2D eigenvalue weighted by Gasteiger charge is -2.23. The molecular formula is C18H15ClN4O. The van der Waals surface area contributed by atoms with Gasteiger partial charge in [0.25, 0.3) is 0 Å². The number of anilines is 1. The zero-order valence-electron chi connectivity index (χ0n) is 12.8. The minimum atomic E-state index is -0.0126. The van der Waals surface area contributed by atoms with Gasteiger partial charge in [0.2, 0.25) is 5.91 Å². The summed E-state index contributed by atoms with van der Waals surface area (Å²) in [5, 5.41) is 8.13. The van der Waals surface area contributed by atoms with Gasteiger partial charge in [-0.05, 0) is 29.3 Å². The van der Waals surface area contributed by atoms with E-state index in [0.29, 0.717) is 18.0 Å². The molecule has 120 valence electrons. The maximum absolute atomic E-state index is 12.2. The van der Waals surface area contributed by atoms with Gasteiger partial charge < -0.3 is 5.32 Å². The largest absolute Gasteiger partial charge is 0.311 e. The molecule has 1 aliphatic heterocycles. The molecule has 1 amide bonds. The van der Waals surface area contributed by atoms with Crippen molar-refractivity contribution in [3.63, 3.8) is 0 Å². The lowest BCUT2D eigenvalue weighted by atomic mass is 9.88. The van der Waals surface area contributed by atoms with Gasteiger partial charge in [0.1, 0.15) is 5.82 Å². The number of nitrogens with zero attached hydrogens (tertiary/aromatic N) is 3. The first kappa shape index (κ1) is 14.9. The summed E-state index contributed by atoms with van der Waals surface area (Å²) in [6, 6.07) is 11.5. The van der Waals surface area contributed by atoms with E-state index in [1.807, 2.05) is 53.5 Å². The van der Waals surface area contributed by atoms with Gasteiger partial charge in [0.15, 0.2) is 0 Å². The number of amides is 1. The van der Waals surface area contributed by atoms with Gasteiger partial charge in [0, 0.05) is 35.3 Å². The Kier molecular flexibility index (Phi) is 3.78. The van der Waals surface area contributed by atoms with Crippen LogP contribution in [-0.2, 0) is 11.3 Å². The predicted molar refractivity (Wildman–Crippen MR) is 92.1 cm³/mol. The van der Waals surface area contributed by atoms with Crippen LogP contribution < -0.4 is 5.32 Å². The SMILES string of the molecule is O=C1C[C@@H](c2cccnc2)c2cnn(Cc3ccc(Cl)cc3)c2N1. The van der Waals surface area contributed by atoms with Gasteiger partial charge >= 0.3 is 0 Å². The highest BCUT2D eigenvalue weighted by Crippen LogP contribution is 2.36. The predicted octanol–water partition coefficient (Wildman–Crippen LogP) is 3.45. The number of carbonyl (C=O) groups excluding carboxylic acids is 1. The van der Waals surface area contributed by atoms with E-state index in [1.54, 1.807) is 6.20 Å². The van der Waals surface area contributed by atoms with Gasteiger partial charge in [-0.1, -0.05) is 29.8 Å². The molecule has 0 radical (unpaired) electrons. The number of hydrogen-bond acceptors (Lipinski definition) is 3. The lowest BCUT2D eigenvalue weighted by Crippen LogP contribution is -2.25. The number of rotatable bonds is 3. The molecule has 0 aliphatic carbocycles. The molecule has 2 aromatic heterocycles. The van der Waals surface area contributed by atoms with Crippen molar-refractivity contribution < 1.29 is 4.79 Å². The monoisotopic (exact) mass is 338 g/mol. The average Bonchev–Trinajstić information content (AvgIpc) is 3.00. The molecule has 0 unspecified atom stereocenters. The molecule has 0 saturated heterocycles. The summed E-state index contributed by atoms with van der Waals surface area (Å²) in [4.78, 5) is 16.3. The minimum absolute atomic E-state index is 0.00536. The Morgan fingerprint density at radius 1 is 1.21 bits per heavy atom. The first-order valence-corrected chi connectivity index (χ1v) is 8.08. The van der Waals surface area contributed by atoms with Crippen molar-refractivity contribution in [3.05, 3.63) is 76.7 Å². The summed E-state index contributed by atoms with van der Waals surface area (Å²) < 4.78 is 1.82. The van der Waals surface area contributed by atoms with Crippen LogP contribution >= 0.6 is 11.6 Å². The van der Waals surface area contributed by atoms with Crippen LogP contribution in [0.4, 0.5) is 5.82 Å². The number of pyridine rings is 1. The van der Waals surface area contributed by atoms with Gasteiger partial charge in [-0.25, -0.2) is 4.68 Å². The van der Waals surface area contributed by atoms with E-state index in [2.05, 4.69) is 15.4 Å². The van der Waals surface area contributed by atoms with Crippen molar-refractivity contribution in [1.29, 1.82) is 0 Å². The lowest BCUT2D eigenvalue weighted by molar-refractivity contribution is -0.116.